The van der Waals surface area contributed by atoms with Gasteiger partial charge >= 0.3 is 0 Å². The molecule has 0 N–H and O–H groups in total. The molecule has 0 spiro atoms. The van der Waals surface area contributed by atoms with Crippen molar-refractivity contribution in [1.82, 2.24) is 0 Å². The number of fused-ring (bicyclic) bond motifs is 5. The van der Waals surface area contributed by atoms with Crippen LogP contribution in [0.2, 0.25) is 0 Å². The number of Topliss-reactive ketones (excluding diaryl/α,β-unsaturated/α-hetero) is 1. The van der Waals surface area contributed by atoms with E-state index in [9.17, 15) is 4.79 Å². The van der Waals surface area contributed by atoms with Crippen molar-refractivity contribution in [3.05, 3.63) is 82.8 Å². The highest BCUT2D eigenvalue weighted by molar-refractivity contribution is 9.10. The largest absolute Gasteiger partial charge is 0.456 e. The maximum absolute atomic E-state index is 12.0. The van der Waals surface area contributed by atoms with Gasteiger partial charge in [-0.2, -0.15) is 0 Å². The number of hydrogen-bond acceptors (Lipinski definition) is 2. The van der Waals surface area contributed by atoms with Crippen LogP contribution in [0.25, 0.3) is 43.8 Å². The predicted octanol–water partition coefficient (Wildman–Crippen LogP) is 7.37. The van der Waals surface area contributed by atoms with Gasteiger partial charge < -0.3 is 4.42 Å². The van der Waals surface area contributed by atoms with Gasteiger partial charge in [-0.05, 0) is 47.0 Å². The van der Waals surface area contributed by atoms with Gasteiger partial charge in [0.15, 0.2) is 5.78 Å². The van der Waals surface area contributed by atoms with Gasteiger partial charge in [0.2, 0.25) is 0 Å². The third kappa shape index (κ3) is 2.50. The summed E-state index contributed by atoms with van der Waals surface area (Å²) in [7, 11) is 0. The molecule has 0 saturated heterocycles. The Morgan fingerprint density at radius 3 is 2.37 bits per heavy atom. The molecule has 4 aromatic carbocycles. The third-order valence-electron chi connectivity index (χ3n) is 5.05. The number of benzene rings is 4. The van der Waals surface area contributed by atoms with Crippen molar-refractivity contribution >= 4 is 54.4 Å². The molecule has 27 heavy (non-hydrogen) atoms. The molecule has 0 unspecified atom stereocenters. The second-order valence-electron chi connectivity index (χ2n) is 6.69. The first kappa shape index (κ1) is 16.3. The van der Waals surface area contributed by atoms with Crippen molar-refractivity contribution in [2.45, 2.75) is 6.92 Å². The zero-order valence-electron chi connectivity index (χ0n) is 14.6. The fourth-order valence-corrected chi connectivity index (χ4v) is 4.36. The van der Waals surface area contributed by atoms with Crippen molar-refractivity contribution in [3.63, 3.8) is 0 Å². The average Bonchev–Trinajstić information content (AvgIpc) is 3.05. The van der Waals surface area contributed by atoms with E-state index >= 15 is 0 Å². The van der Waals surface area contributed by atoms with Crippen LogP contribution in [-0.4, -0.2) is 5.78 Å². The highest BCUT2D eigenvalue weighted by Gasteiger charge is 2.15. The van der Waals surface area contributed by atoms with Crippen LogP contribution in [0.15, 0.2) is 81.7 Å². The van der Waals surface area contributed by atoms with E-state index in [0.717, 1.165) is 48.5 Å². The minimum Gasteiger partial charge on any atom is -0.456 e. The van der Waals surface area contributed by atoms with Crippen molar-refractivity contribution in [2.75, 3.05) is 0 Å². The molecule has 0 aliphatic rings. The predicted molar refractivity (Wildman–Crippen MR) is 114 cm³/mol. The van der Waals surface area contributed by atoms with E-state index in [-0.39, 0.29) is 5.78 Å². The summed E-state index contributed by atoms with van der Waals surface area (Å²) in [5.41, 5.74) is 4.31. The standard InChI is InChI=1S/C24H15BrO2/c1-14(26)16-6-2-3-7-17(16)15-10-11-20-22(12-15)27-23-13-21(25)18-8-4-5-9-19(18)24(20)23/h2-13H,1H3. The fourth-order valence-electron chi connectivity index (χ4n) is 3.81. The molecule has 0 aliphatic carbocycles. The topological polar surface area (TPSA) is 30.2 Å². The van der Waals surface area contributed by atoms with Gasteiger partial charge in [0.1, 0.15) is 11.2 Å². The summed E-state index contributed by atoms with van der Waals surface area (Å²) in [6.45, 7) is 1.60. The molecule has 5 aromatic rings. The summed E-state index contributed by atoms with van der Waals surface area (Å²) >= 11 is 3.65. The Labute approximate surface area is 164 Å². The first-order chi connectivity index (χ1) is 13.1. The SMILES string of the molecule is CC(=O)c1ccccc1-c1ccc2c(c1)oc1cc(Br)c3ccccc3c12. The second kappa shape index (κ2) is 6.07. The summed E-state index contributed by atoms with van der Waals surface area (Å²) in [6, 6.07) is 24.2. The summed E-state index contributed by atoms with van der Waals surface area (Å²) in [5.74, 6) is 0.0604. The molecule has 0 bridgehead atoms. The van der Waals surface area contributed by atoms with Crippen LogP contribution < -0.4 is 0 Å². The van der Waals surface area contributed by atoms with E-state index in [1.165, 1.54) is 5.39 Å². The molecule has 2 nitrogen and oxygen atoms in total. The number of rotatable bonds is 2. The van der Waals surface area contributed by atoms with Crippen LogP contribution in [0.4, 0.5) is 0 Å². The van der Waals surface area contributed by atoms with E-state index in [4.69, 9.17) is 4.42 Å². The molecule has 0 amide bonds. The Balaban J connectivity index is 1.83. The average molecular weight is 415 g/mol. The highest BCUT2D eigenvalue weighted by Crippen LogP contribution is 2.39. The lowest BCUT2D eigenvalue weighted by Crippen LogP contribution is -1.95. The summed E-state index contributed by atoms with van der Waals surface area (Å²) in [4.78, 5) is 12.0. The van der Waals surface area contributed by atoms with Gasteiger partial charge in [-0.1, -0.05) is 70.5 Å². The molecule has 3 heteroatoms. The van der Waals surface area contributed by atoms with Crippen molar-refractivity contribution < 1.29 is 9.21 Å². The zero-order valence-corrected chi connectivity index (χ0v) is 16.2. The van der Waals surface area contributed by atoms with E-state index in [1.807, 2.05) is 48.5 Å². The quantitative estimate of drug-likeness (QED) is 0.282. The van der Waals surface area contributed by atoms with Crippen LogP contribution in [0, 0.1) is 0 Å². The van der Waals surface area contributed by atoms with Crippen LogP contribution >= 0.6 is 15.9 Å². The Bertz CT molecular complexity index is 1360. The lowest BCUT2D eigenvalue weighted by molar-refractivity contribution is 0.101. The maximum atomic E-state index is 12.0. The van der Waals surface area contributed by atoms with Crippen molar-refractivity contribution in [2.24, 2.45) is 0 Å². The van der Waals surface area contributed by atoms with E-state index in [1.54, 1.807) is 6.92 Å². The summed E-state index contributed by atoms with van der Waals surface area (Å²) in [6.07, 6.45) is 0. The molecule has 130 valence electrons. The van der Waals surface area contributed by atoms with E-state index in [2.05, 4.69) is 40.2 Å². The summed E-state index contributed by atoms with van der Waals surface area (Å²) in [5, 5.41) is 4.53. The molecule has 0 aliphatic heterocycles. The molecule has 0 atom stereocenters. The van der Waals surface area contributed by atoms with Crippen LogP contribution in [0.5, 0.6) is 0 Å². The molecule has 1 heterocycles. The smallest absolute Gasteiger partial charge is 0.160 e. The number of halogens is 1. The molecule has 0 fully saturated rings. The first-order valence-electron chi connectivity index (χ1n) is 8.77. The Kier molecular flexibility index (Phi) is 3.66. The fraction of sp³-hybridized carbons (Fsp3) is 0.0417. The Morgan fingerprint density at radius 2 is 1.56 bits per heavy atom. The van der Waals surface area contributed by atoms with Crippen LogP contribution in [0.3, 0.4) is 0 Å². The van der Waals surface area contributed by atoms with Gasteiger partial charge in [0.25, 0.3) is 0 Å². The number of hydrogen-bond donors (Lipinski definition) is 0. The maximum Gasteiger partial charge on any atom is 0.160 e. The van der Waals surface area contributed by atoms with Gasteiger partial charge in [-0.3, -0.25) is 4.79 Å². The molecule has 0 saturated carbocycles. The molecule has 0 radical (unpaired) electrons. The third-order valence-corrected chi connectivity index (χ3v) is 5.70. The second-order valence-corrected chi connectivity index (χ2v) is 7.55. The van der Waals surface area contributed by atoms with E-state index in [0.29, 0.717) is 0 Å². The molecular formula is C24H15BrO2. The number of ketones is 1. The lowest BCUT2D eigenvalue weighted by Gasteiger charge is -2.07. The van der Waals surface area contributed by atoms with Gasteiger partial charge in [0, 0.05) is 20.8 Å². The van der Waals surface area contributed by atoms with Crippen molar-refractivity contribution in [1.29, 1.82) is 0 Å². The normalized spacial score (nSPS) is 11.5. The molecule has 5 rings (SSSR count). The van der Waals surface area contributed by atoms with Crippen LogP contribution in [-0.2, 0) is 0 Å². The monoisotopic (exact) mass is 414 g/mol. The Morgan fingerprint density at radius 1 is 0.815 bits per heavy atom. The summed E-state index contributed by atoms with van der Waals surface area (Å²) < 4.78 is 7.21. The minimum atomic E-state index is 0.0604. The highest BCUT2D eigenvalue weighted by atomic mass is 79.9. The van der Waals surface area contributed by atoms with Gasteiger partial charge in [-0.25, -0.2) is 0 Å². The first-order valence-corrected chi connectivity index (χ1v) is 9.56. The van der Waals surface area contributed by atoms with Gasteiger partial charge in [-0.15, -0.1) is 0 Å². The van der Waals surface area contributed by atoms with Crippen LogP contribution in [0.1, 0.15) is 17.3 Å². The minimum absolute atomic E-state index is 0.0604. The number of furan rings is 1. The number of carbonyl (C=O) groups excluding carboxylic acids is 1. The molecule has 1 aromatic heterocycles. The van der Waals surface area contributed by atoms with Crippen molar-refractivity contribution in [3.8, 4) is 11.1 Å². The molecular weight excluding hydrogens is 400 g/mol. The number of carbonyl (C=O) groups is 1. The lowest BCUT2D eigenvalue weighted by atomic mass is 9.96. The van der Waals surface area contributed by atoms with E-state index < -0.39 is 0 Å². The Hall–Kier alpha value is -2.91. The van der Waals surface area contributed by atoms with Gasteiger partial charge in [0.05, 0.1) is 0 Å². The zero-order chi connectivity index (χ0) is 18.5.